The van der Waals surface area contributed by atoms with Gasteiger partial charge in [-0.2, -0.15) is 0 Å². The Hall–Kier alpha value is -2.95. The monoisotopic (exact) mass is 433 g/mol. The zero-order chi connectivity index (χ0) is 23.3. The lowest BCUT2D eigenvalue weighted by Gasteiger charge is -2.23. The van der Waals surface area contributed by atoms with Gasteiger partial charge in [-0.1, -0.05) is 64.1 Å². The molecule has 3 aromatic rings. The summed E-state index contributed by atoms with van der Waals surface area (Å²) in [6, 6.07) is 14.2. The molecule has 0 fully saturated rings. The van der Waals surface area contributed by atoms with E-state index in [1.54, 1.807) is 17.0 Å². The second-order valence-corrected chi connectivity index (χ2v) is 9.45. The first-order chi connectivity index (χ1) is 15.3. The van der Waals surface area contributed by atoms with E-state index in [0.717, 1.165) is 23.1 Å². The minimum absolute atomic E-state index is 0.00704. The first-order valence-corrected chi connectivity index (χ1v) is 11.6. The van der Waals surface area contributed by atoms with Gasteiger partial charge in [0, 0.05) is 13.0 Å². The number of hydrogen-bond donors (Lipinski definition) is 1. The molecule has 0 saturated carbocycles. The second-order valence-electron chi connectivity index (χ2n) is 9.45. The first-order valence-electron chi connectivity index (χ1n) is 11.6. The molecule has 5 heteroatoms. The molecule has 3 rings (SSSR count). The van der Waals surface area contributed by atoms with Crippen molar-refractivity contribution >= 4 is 16.8 Å². The average molecular weight is 434 g/mol. The number of rotatable bonds is 9. The molecule has 1 atom stereocenters. The van der Waals surface area contributed by atoms with E-state index in [1.165, 1.54) is 5.56 Å². The first kappa shape index (κ1) is 23.7. The van der Waals surface area contributed by atoms with Crippen molar-refractivity contribution in [3.8, 4) is 0 Å². The number of aryl methyl sites for hydroxylation is 2. The van der Waals surface area contributed by atoms with Crippen LogP contribution in [0.4, 0.5) is 0 Å². The van der Waals surface area contributed by atoms with Gasteiger partial charge in [-0.3, -0.25) is 14.2 Å². The van der Waals surface area contributed by atoms with Crippen LogP contribution in [0, 0.1) is 18.8 Å². The van der Waals surface area contributed by atoms with Gasteiger partial charge in [-0.05, 0) is 54.4 Å². The summed E-state index contributed by atoms with van der Waals surface area (Å²) >= 11 is 0. The number of nitrogens with zero attached hydrogens (tertiary/aromatic N) is 2. The zero-order valence-corrected chi connectivity index (χ0v) is 19.9. The van der Waals surface area contributed by atoms with Gasteiger partial charge < -0.3 is 5.32 Å². The molecule has 1 unspecified atom stereocenters. The Morgan fingerprint density at radius 3 is 2.44 bits per heavy atom. The van der Waals surface area contributed by atoms with Crippen LogP contribution < -0.4 is 10.9 Å². The number of aromatic nitrogens is 2. The fraction of sp³-hybridized carbons (Fsp3) is 0.444. The third-order valence-electron chi connectivity index (χ3n) is 5.82. The topological polar surface area (TPSA) is 64.0 Å². The molecule has 32 heavy (non-hydrogen) atoms. The predicted molar refractivity (Wildman–Crippen MR) is 131 cm³/mol. The van der Waals surface area contributed by atoms with Crippen LogP contribution in [0.25, 0.3) is 10.9 Å². The Bertz CT molecular complexity index is 1110. The van der Waals surface area contributed by atoms with Crippen molar-refractivity contribution in [2.24, 2.45) is 11.8 Å². The van der Waals surface area contributed by atoms with E-state index < -0.39 is 0 Å². The largest absolute Gasteiger partial charge is 0.349 e. The molecule has 0 saturated heterocycles. The molecule has 0 aliphatic heterocycles. The predicted octanol–water partition coefficient (Wildman–Crippen LogP) is 5.20. The Balaban J connectivity index is 1.60. The van der Waals surface area contributed by atoms with Crippen molar-refractivity contribution in [3.05, 3.63) is 75.8 Å². The van der Waals surface area contributed by atoms with Crippen LogP contribution in [0.3, 0.4) is 0 Å². The van der Waals surface area contributed by atoms with Gasteiger partial charge in [-0.25, -0.2) is 4.98 Å². The van der Waals surface area contributed by atoms with Crippen molar-refractivity contribution in [1.29, 1.82) is 0 Å². The SMILES string of the molecule is Cc1cccc2c(=O)n(CCCC(=O)NC(c3ccc(CC(C)C)cc3)C(C)C)cnc12. The fourth-order valence-corrected chi connectivity index (χ4v) is 4.12. The van der Waals surface area contributed by atoms with E-state index in [9.17, 15) is 9.59 Å². The van der Waals surface area contributed by atoms with Crippen LogP contribution in [0.1, 0.15) is 63.3 Å². The Morgan fingerprint density at radius 1 is 1.06 bits per heavy atom. The number of amides is 1. The molecule has 1 amide bonds. The van der Waals surface area contributed by atoms with Crippen molar-refractivity contribution in [3.63, 3.8) is 0 Å². The molecule has 1 N–H and O–H groups in total. The lowest BCUT2D eigenvalue weighted by Crippen LogP contribution is -2.32. The van der Waals surface area contributed by atoms with Crippen LogP contribution >= 0.6 is 0 Å². The van der Waals surface area contributed by atoms with Gasteiger partial charge in [0.2, 0.25) is 5.91 Å². The maximum atomic E-state index is 12.7. The molecule has 5 nitrogen and oxygen atoms in total. The van der Waals surface area contributed by atoms with Crippen LogP contribution in [0.2, 0.25) is 0 Å². The highest BCUT2D eigenvalue weighted by atomic mass is 16.1. The number of benzene rings is 2. The molecule has 2 aromatic carbocycles. The second kappa shape index (κ2) is 10.6. The number of para-hydroxylation sites is 1. The van der Waals surface area contributed by atoms with Crippen LogP contribution in [0.15, 0.2) is 53.6 Å². The van der Waals surface area contributed by atoms with Gasteiger partial charge in [0.05, 0.1) is 23.3 Å². The summed E-state index contributed by atoms with van der Waals surface area (Å²) in [5.41, 5.74) is 4.13. The summed E-state index contributed by atoms with van der Waals surface area (Å²) in [6.07, 6.45) is 3.60. The van der Waals surface area contributed by atoms with Crippen LogP contribution in [-0.4, -0.2) is 15.5 Å². The van der Waals surface area contributed by atoms with Crippen LogP contribution in [0.5, 0.6) is 0 Å². The van der Waals surface area contributed by atoms with E-state index >= 15 is 0 Å². The maximum Gasteiger partial charge on any atom is 0.261 e. The summed E-state index contributed by atoms with van der Waals surface area (Å²) in [4.78, 5) is 29.8. The Morgan fingerprint density at radius 2 is 1.78 bits per heavy atom. The van der Waals surface area contributed by atoms with E-state index in [4.69, 9.17) is 0 Å². The number of hydrogen-bond acceptors (Lipinski definition) is 3. The third-order valence-corrected chi connectivity index (χ3v) is 5.82. The summed E-state index contributed by atoms with van der Waals surface area (Å²) in [5, 5.41) is 3.81. The summed E-state index contributed by atoms with van der Waals surface area (Å²) < 4.78 is 1.60. The Labute approximate surface area is 190 Å². The van der Waals surface area contributed by atoms with Crippen LogP contribution in [-0.2, 0) is 17.8 Å². The molecule has 0 spiro atoms. The number of carbonyl (C=O) groups is 1. The van der Waals surface area contributed by atoms with Gasteiger partial charge in [0.15, 0.2) is 0 Å². The number of carbonyl (C=O) groups excluding carboxylic acids is 1. The lowest BCUT2D eigenvalue weighted by molar-refractivity contribution is -0.122. The minimum Gasteiger partial charge on any atom is -0.349 e. The summed E-state index contributed by atoms with van der Waals surface area (Å²) in [6.45, 7) is 11.1. The molecule has 0 radical (unpaired) electrons. The van der Waals surface area contributed by atoms with Gasteiger partial charge in [0.25, 0.3) is 5.56 Å². The van der Waals surface area contributed by atoms with Crippen molar-refractivity contribution in [2.45, 2.75) is 66.5 Å². The van der Waals surface area contributed by atoms with Gasteiger partial charge in [0.1, 0.15) is 0 Å². The van der Waals surface area contributed by atoms with Crippen molar-refractivity contribution in [2.75, 3.05) is 0 Å². The van der Waals surface area contributed by atoms with Gasteiger partial charge >= 0.3 is 0 Å². The highest BCUT2D eigenvalue weighted by molar-refractivity contribution is 5.80. The molecule has 0 bridgehead atoms. The fourth-order valence-electron chi connectivity index (χ4n) is 4.12. The minimum atomic E-state index is -0.0550. The highest BCUT2D eigenvalue weighted by Gasteiger charge is 2.18. The highest BCUT2D eigenvalue weighted by Crippen LogP contribution is 2.23. The normalized spacial score (nSPS) is 12.5. The maximum absolute atomic E-state index is 12.7. The molecule has 0 aliphatic rings. The van der Waals surface area contributed by atoms with E-state index in [-0.39, 0.29) is 23.4 Å². The molecule has 1 aromatic heterocycles. The number of fused-ring (bicyclic) bond motifs is 1. The molecular formula is C27H35N3O2. The molecule has 170 valence electrons. The third kappa shape index (κ3) is 5.84. The quantitative estimate of drug-likeness (QED) is 0.505. The van der Waals surface area contributed by atoms with Crippen molar-refractivity contribution in [1.82, 2.24) is 14.9 Å². The van der Waals surface area contributed by atoms with Crippen molar-refractivity contribution < 1.29 is 4.79 Å². The Kier molecular flexibility index (Phi) is 7.84. The number of nitrogens with one attached hydrogen (secondary N) is 1. The molecule has 0 aliphatic carbocycles. The zero-order valence-electron chi connectivity index (χ0n) is 19.9. The molecule has 1 heterocycles. The van der Waals surface area contributed by atoms with Gasteiger partial charge in [-0.15, -0.1) is 0 Å². The molecular weight excluding hydrogens is 398 g/mol. The van der Waals surface area contributed by atoms with E-state index in [0.29, 0.717) is 30.7 Å². The average Bonchev–Trinajstić information content (AvgIpc) is 2.74. The van der Waals surface area contributed by atoms with E-state index in [1.807, 2.05) is 19.1 Å². The summed E-state index contributed by atoms with van der Waals surface area (Å²) in [5.74, 6) is 0.911. The van der Waals surface area contributed by atoms with E-state index in [2.05, 4.69) is 62.3 Å². The summed E-state index contributed by atoms with van der Waals surface area (Å²) in [7, 11) is 0. The lowest BCUT2D eigenvalue weighted by atomic mass is 9.93. The smallest absolute Gasteiger partial charge is 0.261 e. The standard InChI is InChI=1S/C27H35N3O2/c1-18(2)16-21-11-13-22(14-12-21)25(19(3)4)29-24(31)10-7-15-30-17-28-26-20(5)8-6-9-23(26)27(30)32/h6,8-9,11-14,17-19,25H,7,10,15-16H2,1-5H3,(H,29,31).